The Morgan fingerprint density at radius 2 is 2.00 bits per heavy atom. The zero-order valence-corrected chi connectivity index (χ0v) is 19.7. The maximum Gasteiger partial charge on any atom is 0.246 e. The molecule has 0 saturated heterocycles. The van der Waals surface area contributed by atoms with Crippen molar-refractivity contribution in [2.45, 2.75) is 16.9 Å². The third kappa shape index (κ3) is 4.46. The summed E-state index contributed by atoms with van der Waals surface area (Å²) in [7, 11) is 0. The summed E-state index contributed by atoms with van der Waals surface area (Å²) in [4.78, 5) is 16.0. The molecule has 1 amide bonds. The number of fused-ring (bicyclic) bond motifs is 1. The fourth-order valence-corrected chi connectivity index (χ4v) is 5.81. The largest absolute Gasteiger partial charge is 0.333 e. The first-order chi connectivity index (χ1) is 14.6. The van der Waals surface area contributed by atoms with Gasteiger partial charge in [0.15, 0.2) is 0 Å². The number of carbonyl (C=O) groups is 1. The molecule has 150 valence electrons. The number of alkyl halides is 1. The van der Waals surface area contributed by atoms with Crippen LogP contribution in [-0.4, -0.2) is 17.4 Å². The molecule has 0 saturated carbocycles. The van der Waals surface area contributed by atoms with E-state index in [1.165, 1.54) is 16.7 Å². The van der Waals surface area contributed by atoms with E-state index in [1.807, 2.05) is 17.0 Å². The maximum atomic E-state index is 13.0. The van der Waals surface area contributed by atoms with Crippen LogP contribution in [0.3, 0.4) is 0 Å². The van der Waals surface area contributed by atoms with Gasteiger partial charge in [0.25, 0.3) is 0 Å². The van der Waals surface area contributed by atoms with Crippen molar-refractivity contribution in [1.29, 1.82) is 5.26 Å². The average Bonchev–Trinajstić information content (AvgIpc) is 3.17. The van der Waals surface area contributed by atoms with Crippen LogP contribution in [0, 0.1) is 11.3 Å². The summed E-state index contributed by atoms with van der Waals surface area (Å²) < 4.78 is 1.68. The molecule has 1 aliphatic heterocycles. The number of nitrogens with zero attached hydrogens (tertiary/aromatic N) is 2. The van der Waals surface area contributed by atoms with Crippen molar-refractivity contribution in [1.82, 2.24) is 4.90 Å². The molecule has 0 spiro atoms. The molecule has 0 radical (unpaired) electrons. The molecule has 0 unspecified atom stereocenters. The van der Waals surface area contributed by atoms with Gasteiger partial charge in [0.1, 0.15) is 0 Å². The maximum absolute atomic E-state index is 13.0. The number of halogens is 2. The number of benzene rings is 2. The van der Waals surface area contributed by atoms with Gasteiger partial charge in [0, 0.05) is 27.8 Å². The molecule has 6 heteroatoms. The Bertz CT molecular complexity index is 1150. The Hall–Kier alpha value is -2.14. The van der Waals surface area contributed by atoms with Crippen molar-refractivity contribution in [2.24, 2.45) is 0 Å². The van der Waals surface area contributed by atoms with Crippen LogP contribution in [0.5, 0.6) is 0 Å². The summed E-state index contributed by atoms with van der Waals surface area (Å²) in [5.74, 6) is 0.0993. The Kier molecular flexibility index (Phi) is 6.57. The highest BCUT2D eigenvalue weighted by molar-refractivity contribution is 14.1. The molecule has 0 fully saturated rings. The second kappa shape index (κ2) is 9.34. The van der Waals surface area contributed by atoms with E-state index in [-0.39, 0.29) is 11.8 Å². The van der Waals surface area contributed by atoms with Gasteiger partial charge in [-0.05, 0) is 46.5 Å². The molecule has 0 aliphatic carbocycles. The highest BCUT2D eigenvalue weighted by atomic mass is 127. The number of hydrogen-bond acceptors (Lipinski definition) is 3. The van der Waals surface area contributed by atoms with E-state index in [0.717, 1.165) is 19.2 Å². The first-order valence-corrected chi connectivity index (χ1v) is 12.2. The first-order valence-electron chi connectivity index (χ1n) is 9.48. The van der Waals surface area contributed by atoms with E-state index in [1.54, 1.807) is 35.6 Å². The van der Waals surface area contributed by atoms with Gasteiger partial charge in [-0.15, -0.1) is 11.3 Å². The molecule has 3 nitrogen and oxygen atoms in total. The van der Waals surface area contributed by atoms with E-state index in [0.29, 0.717) is 18.7 Å². The van der Waals surface area contributed by atoms with Crippen LogP contribution in [0.15, 0.2) is 60.7 Å². The van der Waals surface area contributed by atoms with Crippen molar-refractivity contribution in [3.05, 3.63) is 97.7 Å². The van der Waals surface area contributed by atoms with Crippen LogP contribution in [0.4, 0.5) is 0 Å². The quantitative estimate of drug-likeness (QED) is 0.217. The van der Waals surface area contributed by atoms with Crippen molar-refractivity contribution >= 4 is 57.5 Å². The lowest BCUT2D eigenvalue weighted by Crippen LogP contribution is -2.37. The van der Waals surface area contributed by atoms with Crippen molar-refractivity contribution in [3.63, 3.8) is 0 Å². The van der Waals surface area contributed by atoms with E-state index in [2.05, 4.69) is 59.0 Å². The van der Waals surface area contributed by atoms with Gasteiger partial charge in [-0.1, -0.05) is 70.6 Å². The second-order valence-corrected chi connectivity index (χ2v) is 9.63. The van der Waals surface area contributed by atoms with Crippen molar-refractivity contribution in [2.75, 3.05) is 6.54 Å². The summed E-state index contributed by atoms with van der Waals surface area (Å²) in [5.41, 5.74) is 5.29. The number of carbonyl (C=O) groups excluding carboxylic acids is 1. The van der Waals surface area contributed by atoms with Gasteiger partial charge in [0.2, 0.25) is 5.91 Å². The number of thiophene rings is 1. The van der Waals surface area contributed by atoms with Gasteiger partial charge in [-0.2, -0.15) is 5.26 Å². The van der Waals surface area contributed by atoms with Gasteiger partial charge in [-0.25, -0.2) is 0 Å². The Morgan fingerprint density at radius 1 is 1.23 bits per heavy atom. The van der Waals surface area contributed by atoms with E-state index in [4.69, 9.17) is 16.9 Å². The number of nitriles is 1. The topological polar surface area (TPSA) is 44.1 Å². The molecule has 0 bridgehead atoms. The molecule has 1 atom stereocenters. The van der Waals surface area contributed by atoms with Crippen LogP contribution in [0.25, 0.3) is 6.08 Å². The summed E-state index contributed by atoms with van der Waals surface area (Å²) >= 11 is 10.3. The predicted octanol–water partition coefficient (Wildman–Crippen LogP) is 6.40. The fourth-order valence-electron chi connectivity index (χ4n) is 3.76. The van der Waals surface area contributed by atoms with Crippen LogP contribution in [0.2, 0.25) is 4.34 Å². The molecule has 1 aliphatic rings. The van der Waals surface area contributed by atoms with Crippen LogP contribution >= 0.6 is 45.5 Å². The van der Waals surface area contributed by atoms with Gasteiger partial charge in [-0.3, -0.25) is 4.79 Å². The van der Waals surface area contributed by atoms with E-state index >= 15 is 0 Å². The van der Waals surface area contributed by atoms with Crippen molar-refractivity contribution in [3.8, 4) is 6.07 Å². The summed E-state index contributed by atoms with van der Waals surface area (Å²) in [6.07, 6.45) is 3.41. The average molecular weight is 545 g/mol. The Labute approximate surface area is 198 Å². The lowest BCUT2D eigenvalue weighted by atomic mass is 9.86. The van der Waals surface area contributed by atoms with E-state index < -0.39 is 0 Å². The summed E-state index contributed by atoms with van der Waals surface area (Å²) in [5, 5.41) is 8.92. The molecular weight excluding hydrogens is 527 g/mol. The third-order valence-electron chi connectivity index (χ3n) is 5.27. The highest BCUT2D eigenvalue weighted by Gasteiger charge is 2.31. The minimum absolute atomic E-state index is 0.0218. The second-order valence-electron chi connectivity index (χ2n) is 7.10. The highest BCUT2D eigenvalue weighted by Crippen LogP contribution is 2.41. The molecule has 30 heavy (non-hydrogen) atoms. The molecule has 0 N–H and O–H groups in total. The first kappa shape index (κ1) is 21.1. The normalized spacial score (nSPS) is 15.8. The number of rotatable bonds is 4. The molecule has 2 heterocycles. The van der Waals surface area contributed by atoms with Crippen LogP contribution in [-0.2, 0) is 15.8 Å². The molecule has 2 aromatic carbocycles. The molecule has 4 rings (SSSR count). The minimum atomic E-state index is -0.0218. The lowest BCUT2D eigenvalue weighted by molar-refractivity contribution is -0.127. The van der Waals surface area contributed by atoms with Crippen LogP contribution in [0.1, 0.15) is 38.6 Å². The van der Waals surface area contributed by atoms with E-state index in [9.17, 15) is 4.79 Å². The predicted molar refractivity (Wildman–Crippen MR) is 131 cm³/mol. The van der Waals surface area contributed by atoms with Gasteiger partial charge < -0.3 is 4.90 Å². The number of amides is 1. The molecule has 3 aromatic rings. The zero-order chi connectivity index (χ0) is 21.1. The monoisotopic (exact) mass is 544 g/mol. The van der Waals surface area contributed by atoms with Gasteiger partial charge >= 0.3 is 0 Å². The molecule has 1 aromatic heterocycles. The summed E-state index contributed by atoms with van der Waals surface area (Å²) in [6.45, 7) is 1.20. The smallest absolute Gasteiger partial charge is 0.246 e. The lowest BCUT2D eigenvalue weighted by Gasteiger charge is -2.33. The Morgan fingerprint density at radius 3 is 2.73 bits per heavy atom. The Balaban J connectivity index is 1.61. The van der Waals surface area contributed by atoms with Gasteiger partial charge in [0.05, 0.1) is 22.5 Å². The molecular formula is C24H18ClIN2OS. The SMILES string of the molecule is N#Cc1ccc(/C=C/C(=O)N2Cc3sc(Cl)cc3[C@H](c3ccccc3CI)C2)cc1. The summed E-state index contributed by atoms with van der Waals surface area (Å²) in [6, 6.07) is 19.8. The van der Waals surface area contributed by atoms with Crippen molar-refractivity contribution < 1.29 is 4.79 Å². The zero-order valence-electron chi connectivity index (χ0n) is 16.0. The standard InChI is InChI=1S/C24H18ClIN2OS/c25-23-11-20-21(19-4-2-1-3-18(19)12-26)14-28(15-22(20)30-23)24(29)10-9-16-5-7-17(13-27)8-6-16/h1-11,21H,12,14-15H2/b10-9+/t21-/m0/s1. The van der Waals surface area contributed by atoms with Crippen LogP contribution < -0.4 is 0 Å². The number of hydrogen-bond donors (Lipinski definition) is 0. The fraction of sp³-hybridized carbons (Fsp3) is 0.167. The third-order valence-corrected chi connectivity index (χ3v) is 7.36. The minimum Gasteiger partial charge on any atom is -0.333 e.